The van der Waals surface area contributed by atoms with E-state index in [-0.39, 0.29) is 14.0 Å². The third-order valence-corrected chi connectivity index (χ3v) is 12.4. The Labute approximate surface area is 273 Å². The predicted octanol–water partition coefficient (Wildman–Crippen LogP) is 11.2. The van der Waals surface area contributed by atoms with Crippen LogP contribution in [0.5, 0.6) is 0 Å². The molecule has 0 amide bonds. The van der Waals surface area contributed by atoms with Crippen LogP contribution in [0.15, 0.2) is 60.7 Å². The van der Waals surface area contributed by atoms with Gasteiger partial charge in [0, 0.05) is 12.6 Å². The van der Waals surface area contributed by atoms with Gasteiger partial charge in [0.1, 0.15) is 0 Å². The van der Waals surface area contributed by atoms with Gasteiger partial charge in [0.2, 0.25) is 0 Å². The Hall–Kier alpha value is -1.02. The van der Waals surface area contributed by atoms with Gasteiger partial charge in [-0.2, -0.15) is 0 Å². The van der Waals surface area contributed by atoms with Gasteiger partial charge in [-0.25, -0.2) is 9.24 Å². The first-order valence-electron chi connectivity index (χ1n) is 17.7. The largest absolute Gasteiger partial charge is 0.403 e. The van der Waals surface area contributed by atoms with Gasteiger partial charge in [-0.1, -0.05) is 174 Å². The fourth-order valence-electron chi connectivity index (χ4n) is 5.78. The zero-order valence-electron chi connectivity index (χ0n) is 29.2. The lowest BCUT2D eigenvalue weighted by Gasteiger charge is -2.30. The van der Waals surface area contributed by atoms with Gasteiger partial charge in [0.15, 0.2) is 0 Å². The van der Waals surface area contributed by atoms with Crippen molar-refractivity contribution in [3.8, 4) is 0 Å². The Morgan fingerprint density at radius 2 is 1.09 bits per heavy atom. The summed E-state index contributed by atoms with van der Waals surface area (Å²) in [6.07, 6.45) is 21.5. The fraction of sp³-hybridized carbons (Fsp3) is 0.684. The molecule has 0 radical (unpaired) electrons. The zero-order valence-corrected chi connectivity index (χ0v) is 31.0. The molecule has 0 aromatic heterocycles. The first kappa shape index (κ1) is 41.0. The second-order valence-electron chi connectivity index (χ2n) is 13.2. The Kier molecular flexibility index (Phi) is 23.4. The molecule has 0 aliphatic carbocycles. The summed E-state index contributed by atoms with van der Waals surface area (Å²) < 4.78 is 12.7. The van der Waals surface area contributed by atoms with Gasteiger partial charge in [0.05, 0.1) is 0 Å². The Bertz CT molecular complexity index is 943. The average molecular weight is 648 g/mol. The molecule has 0 saturated heterocycles. The maximum Gasteiger partial charge on any atom is 0.403 e. The summed E-state index contributed by atoms with van der Waals surface area (Å²) >= 11 is 0. The third-order valence-electron chi connectivity index (χ3n) is 8.41. The molecule has 4 nitrogen and oxygen atoms in total. The highest BCUT2D eigenvalue weighted by Crippen LogP contribution is 2.42. The van der Waals surface area contributed by atoms with Crippen LogP contribution >= 0.6 is 15.7 Å². The van der Waals surface area contributed by atoms with Crippen molar-refractivity contribution < 1.29 is 14.4 Å². The molecule has 0 aliphatic heterocycles. The molecule has 0 bridgehead atoms. The predicted molar refractivity (Wildman–Crippen MR) is 196 cm³/mol. The van der Waals surface area contributed by atoms with E-state index in [2.05, 4.69) is 58.0 Å². The molecular formula is C38H67NO3P2. The average Bonchev–Trinajstić information content (AvgIpc) is 2.99. The van der Waals surface area contributed by atoms with Crippen molar-refractivity contribution in [2.75, 3.05) is 18.9 Å². The van der Waals surface area contributed by atoms with Gasteiger partial charge in [-0.15, -0.1) is 0 Å². The molecule has 0 fully saturated rings. The molecule has 2 N–H and O–H groups in total. The summed E-state index contributed by atoms with van der Waals surface area (Å²) in [6.45, 7) is 13.5. The standard InChI is InChI=1S/C26H47P.C12H20NO3P/c1-24(2)18-12-7-5-9-16-22-27(26-20-14-11-15-21-26)23-17-10-6-8-13-19-25(3)4;1-3-12(13(4-2)17(14,15)16)10-11-8-6-5-7-9-11/h11,14-15,20-21,24-25H,5-10,12-13,16-19,22-23H2,1-4H3;5-9,12H,3-4,10H2,1-2H3,(H2,14,15,16). The monoisotopic (exact) mass is 647 g/mol. The summed E-state index contributed by atoms with van der Waals surface area (Å²) in [5.41, 5.74) is 1.10. The molecule has 2 aromatic carbocycles. The van der Waals surface area contributed by atoms with Gasteiger partial charge < -0.3 is 9.79 Å². The number of rotatable bonds is 23. The minimum Gasteiger partial charge on any atom is -0.312 e. The first-order valence-corrected chi connectivity index (χ1v) is 21.0. The summed E-state index contributed by atoms with van der Waals surface area (Å²) in [4.78, 5) is 18.6. The fourth-order valence-corrected chi connectivity index (χ4v) is 9.37. The van der Waals surface area contributed by atoms with Crippen LogP contribution < -0.4 is 5.30 Å². The Morgan fingerprint density at radius 3 is 1.50 bits per heavy atom. The Balaban J connectivity index is 0.000000488. The molecule has 0 heterocycles. The van der Waals surface area contributed by atoms with E-state index >= 15 is 0 Å². The topological polar surface area (TPSA) is 60.8 Å². The molecular weight excluding hydrogens is 580 g/mol. The number of benzene rings is 2. The van der Waals surface area contributed by atoms with Gasteiger partial charge in [0.25, 0.3) is 0 Å². The lowest BCUT2D eigenvalue weighted by Crippen LogP contribution is -2.33. The number of nitrogens with zero attached hydrogens (tertiary/aromatic N) is 1. The molecule has 44 heavy (non-hydrogen) atoms. The molecule has 6 heteroatoms. The second kappa shape index (κ2) is 25.1. The minimum absolute atomic E-state index is 0.0747. The number of hydrogen-bond donors (Lipinski definition) is 2. The van der Waals surface area contributed by atoms with E-state index in [0.717, 1.165) is 17.4 Å². The first-order chi connectivity index (χ1) is 21.1. The van der Waals surface area contributed by atoms with Crippen molar-refractivity contribution in [1.82, 2.24) is 4.67 Å². The van der Waals surface area contributed by atoms with E-state index in [9.17, 15) is 14.4 Å². The third kappa shape index (κ3) is 20.2. The highest BCUT2D eigenvalue weighted by Gasteiger charge is 2.30. The molecule has 2 rings (SSSR count). The second-order valence-corrected chi connectivity index (χ2v) is 17.3. The van der Waals surface area contributed by atoms with Crippen molar-refractivity contribution in [2.45, 2.75) is 137 Å². The van der Waals surface area contributed by atoms with Crippen LogP contribution in [0.25, 0.3) is 0 Å². The smallest absolute Gasteiger partial charge is 0.312 e. The van der Waals surface area contributed by atoms with Crippen LogP contribution in [-0.2, 0) is 11.0 Å². The number of likely N-dealkylation sites (N-methyl/N-ethyl adjacent to an activating group) is 1. The molecule has 2 aromatic rings. The van der Waals surface area contributed by atoms with Crippen LogP contribution in [0.4, 0.5) is 0 Å². The van der Waals surface area contributed by atoms with E-state index in [0.29, 0.717) is 19.4 Å². The van der Waals surface area contributed by atoms with Gasteiger partial charge in [-0.05, 0) is 60.7 Å². The van der Waals surface area contributed by atoms with Crippen LogP contribution in [0.3, 0.4) is 0 Å². The summed E-state index contributed by atoms with van der Waals surface area (Å²) in [6, 6.07) is 21.1. The summed E-state index contributed by atoms with van der Waals surface area (Å²) in [5, 5.41) is 1.65. The van der Waals surface area contributed by atoms with Crippen molar-refractivity contribution >= 4 is 21.0 Å². The molecule has 0 saturated carbocycles. The Morgan fingerprint density at radius 1 is 0.659 bits per heavy atom. The van der Waals surface area contributed by atoms with E-state index < -0.39 is 7.75 Å². The van der Waals surface area contributed by atoms with E-state index in [1.165, 1.54) is 94.0 Å². The molecule has 0 spiro atoms. The SMILES string of the molecule is CC(C)CCCCCCCP(CCCCCCCC(C)C)c1ccccc1.CCC(Cc1ccccc1)N(CC)P(=O)(O)O. The van der Waals surface area contributed by atoms with E-state index in [1.807, 2.05) is 37.3 Å². The lowest BCUT2D eigenvalue weighted by molar-refractivity contribution is 0.227. The van der Waals surface area contributed by atoms with Gasteiger partial charge in [-0.3, -0.25) is 0 Å². The van der Waals surface area contributed by atoms with Crippen molar-refractivity contribution in [3.63, 3.8) is 0 Å². The molecule has 0 aliphatic rings. The maximum absolute atomic E-state index is 11.4. The van der Waals surface area contributed by atoms with Crippen molar-refractivity contribution in [3.05, 3.63) is 66.2 Å². The lowest BCUT2D eigenvalue weighted by atomic mass is 10.0. The van der Waals surface area contributed by atoms with E-state index in [4.69, 9.17) is 0 Å². The van der Waals surface area contributed by atoms with Crippen molar-refractivity contribution in [2.24, 2.45) is 11.8 Å². The molecule has 1 unspecified atom stereocenters. The van der Waals surface area contributed by atoms with Crippen molar-refractivity contribution in [1.29, 1.82) is 0 Å². The van der Waals surface area contributed by atoms with E-state index in [1.54, 1.807) is 12.2 Å². The minimum atomic E-state index is -4.15. The van der Waals surface area contributed by atoms with Crippen LogP contribution in [0, 0.1) is 11.8 Å². The highest BCUT2D eigenvalue weighted by atomic mass is 31.2. The maximum atomic E-state index is 11.4. The summed E-state index contributed by atoms with van der Waals surface area (Å²) in [7, 11) is -4.08. The molecule has 1 atom stereocenters. The van der Waals surface area contributed by atoms with Gasteiger partial charge >= 0.3 is 7.75 Å². The molecule has 252 valence electrons. The zero-order chi connectivity index (χ0) is 32.6. The normalized spacial score (nSPS) is 12.6. The highest BCUT2D eigenvalue weighted by molar-refractivity contribution is 7.65. The number of hydrogen-bond acceptors (Lipinski definition) is 1. The quantitative estimate of drug-likeness (QED) is 0.0931. The van der Waals surface area contributed by atoms with Crippen LogP contribution in [-0.4, -0.2) is 39.4 Å². The number of unbranched alkanes of at least 4 members (excludes halogenated alkanes) is 8. The van der Waals surface area contributed by atoms with Crippen LogP contribution in [0.2, 0.25) is 0 Å². The van der Waals surface area contributed by atoms with Crippen LogP contribution in [0.1, 0.15) is 131 Å². The summed E-state index contributed by atoms with van der Waals surface area (Å²) in [5.74, 6) is 1.75.